The van der Waals surface area contributed by atoms with E-state index in [2.05, 4.69) is 24.0 Å². The highest BCUT2D eigenvalue weighted by molar-refractivity contribution is 7.89. The topological polar surface area (TPSA) is 90.9 Å². The standard InChI is InChI=1S/C14H26N4O2S/c1-10(2)9-18-12(16-17-13(18)21(15,19)20)11-7-5-6-8-14(11,3)4/h10-11H,5-9H2,1-4H3,(H2,15,19,20). The molecule has 1 aromatic rings. The van der Waals surface area contributed by atoms with Gasteiger partial charge in [-0.3, -0.25) is 0 Å². The Bertz CT molecular complexity index is 604. The zero-order chi connectivity index (χ0) is 15.8. The molecule has 2 rings (SSSR count). The fraction of sp³-hybridized carbons (Fsp3) is 0.857. The van der Waals surface area contributed by atoms with Crippen molar-refractivity contribution in [2.24, 2.45) is 16.5 Å². The molecule has 0 radical (unpaired) electrons. The van der Waals surface area contributed by atoms with Crippen LogP contribution in [0.1, 0.15) is 65.1 Å². The summed E-state index contributed by atoms with van der Waals surface area (Å²) in [6.45, 7) is 9.11. The highest BCUT2D eigenvalue weighted by Crippen LogP contribution is 2.46. The molecule has 2 N–H and O–H groups in total. The van der Waals surface area contributed by atoms with Gasteiger partial charge < -0.3 is 4.57 Å². The Hall–Kier alpha value is -0.950. The van der Waals surface area contributed by atoms with Crippen LogP contribution in [0.4, 0.5) is 0 Å². The van der Waals surface area contributed by atoms with E-state index in [9.17, 15) is 8.42 Å². The minimum absolute atomic E-state index is 0.104. The summed E-state index contributed by atoms with van der Waals surface area (Å²) in [4.78, 5) is 0. The molecule has 0 saturated heterocycles. The summed E-state index contributed by atoms with van der Waals surface area (Å²) in [5, 5.41) is 13.3. The van der Waals surface area contributed by atoms with Crippen molar-refractivity contribution in [1.29, 1.82) is 0 Å². The molecule has 21 heavy (non-hydrogen) atoms. The molecule has 0 aliphatic heterocycles. The van der Waals surface area contributed by atoms with Crippen LogP contribution < -0.4 is 5.14 Å². The molecule has 1 fully saturated rings. The van der Waals surface area contributed by atoms with Gasteiger partial charge >= 0.3 is 0 Å². The average Bonchev–Trinajstić information content (AvgIpc) is 2.70. The normalized spacial score (nSPS) is 22.7. The second-order valence-electron chi connectivity index (χ2n) is 7.18. The van der Waals surface area contributed by atoms with E-state index >= 15 is 0 Å². The highest BCUT2D eigenvalue weighted by Gasteiger charge is 2.38. The van der Waals surface area contributed by atoms with Crippen LogP contribution in [0.15, 0.2) is 5.16 Å². The summed E-state index contributed by atoms with van der Waals surface area (Å²) < 4.78 is 25.2. The zero-order valence-corrected chi connectivity index (χ0v) is 14.2. The van der Waals surface area contributed by atoms with E-state index < -0.39 is 10.0 Å². The lowest BCUT2D eigenvalue weighted by atomic mass is 9.68. The predicted molar refractivity (Wildman–Crippen MR) is 81.2 cm³/mol. The van der Waals surface area contributed by atoms with E-state index in [1.54, 1.807) is 4.57 Å². The van der Waals surface area contributed by atoms with Gasteiger partial charge in [-0.1, -0.05) is 40.5 Å². The lowest BCUT2D eigenvalue weighted by Crippen LogP contribution is -2.30. The molecule has 120 valence electrons. The molecule has 1 unspecified atom stereocenters. The summed E-state index contributed by atoms with van der Waals surface area (Å²) in [5.74, 6) is 1.30. The molecular weight excluding hydrogens is 288 g/mol. The summed E-state index contributed by atoms with van der Waals surface area (Å²) in [6, 6.07) is 0. The molecule has 0 bridgehead atoms. The van der Waals surface area contributed by atoms with E-state index in [0.717, 1.165) is 25.1 Å². The van der Waals surface area contributed by atoms with Crippen LogP contribution >= 0.6 is 0 Å². The number of rotatable bonds is 4. The number of aromatic nitrogens is 3. The Labute approximate surface area is 127 Å². The van der Waals surface area contributed by atoms with Crippen LogP contribution in [-0.4, -0.2) is 23.2 Å². The average molecular weight is 314 g/mol. The lowest BCUT2D eigenvalue weighted by molar-refractivity contribution is 0.186. The summed E-state index contributed by atoms with van der Waals surface area (Å²) >= 11 is 0. The molecule has 0 spiro atoms. The Balaban J connectivity index is 2.51. The first kappa shape index (κ1) is 16.4. The molecule has 6 nitrogen and oxygen atoms in total. The van der Waals surface area contributed by atoms with Crippen molar-refractivity contribution in [3.63, 3.8) is 0 Å². The maximum Gasteiger partial charge on any atom is 0.273 e. The smallest absolute Gasteiger partial charge is 0.273 e. The first-order chi connectivity index (χ1) is 9.63. The Kier molecular flexibility index (Phi) is 4.44. The molecule has 1 aromatic heterocycles. The van der Waals surface area contributed by atoms with E-state index in [4.69, 9.17) is 5.14 Å². The lowest BCUT2D eigenvalue weighted by Gasteiger charge is -2.38. The number of nitrogens with zero attached hydrogens (tertiary/aromatic N) is 3. The van der Waals surface area contributed by atoms with Crippen molar-refractivity contribution in [2.75, 3.05) is 0 Å². The van der Waals surface area contributed by atoms with Gasteiger partial charge in [0.25, 0.3) is 15.2 Å². The highest BCUT2D eigenvalue weighted by atomic mass is 32.2. The molecule has 1 saturated carbocycles. The van der Waals surface area contributed by atoms with Crippen LogP contribution in [0.25, 0.3) is 0 Å². The van der Waals surface area contributed by atoms with Gasteiger partial charge in [-0.15, -0.1) is 10.2 Å². The molecule has 1 heterocycles. The Morgan fingerprint density at radius 3 is 2.52 bits per heavy atom. The van der Waals surface area contributed by atoms with Crippen molar-refractivity contribution in [3.8, 4) is 0 Å². The van der Waals surface area contributed by atoms with E-state index in [0.29, 0.717) is 12.5 Å². The largest absolute Gasteiger partial charge is 0.300 e. The van der Waals surface area contributed by atoms with Crippen LogP contribution in [0.5, 0.6) is 0 Å². The Morgan fingerprint density at radius 2 is 2.00 bits per heavy atom. The maximum absolute atomic E-state index is 11.7. The fourth-order valence-corrected chi connectivity index (χ4v) is 3.91. The number of nitrogens with two attached hydrogens (primary N) is 1. The van der Waals surface area contributed by atoms with Gasteiger partial charge in [0.15, 0.2) is 0 Å². The first-order valence-electron chi connectivity index (χ1n) is 7.59. The number of sulfonamides is 1. The van der Waals surface area contributed by atoms with Gasteiger partial charge in [0, 0.05) is 12.5 Å². The van der Waals surface area contributed by atoms with Gasteiger partial charge in [-0.2, -0.15) is 0 Å². The van der Waals surface area contributed by atoms with Crippen LogP contribution in [0, 0.1) is 11.3 Å². The molecule has 1 aliphatic carbocycles. The minimum atomic E-state index is -3.84. The summed E-state index contributed by atoms with van der Waals surface area (Å²) in [7, 11) is -3.84. The molecule has 0 aromatic carbocycles. The third kappa shape index (κ3) is 3.45. The Morgan fingerprint density at radius 1 is 1.33 bits per heavy atom. The number of primary sulfonamides is 1. The van der Waals surface area contributed by atoms with Crippen molar-refractivity contribution < 1.29 is 8.42 Å². The van der Waals surface area contributed by atoms with Crippen molar-refractivity contribution in [1.82, 2.24) is 14.8 Å². The quantitative estimate of drug-likeness (QED) is 0.923. The van der Waals surface area contributed by atoms with E-state index in [1.807, 2.05) is 13.8 Å². The molecule has 1 atom stereocenters. The molecule has 0 amide bonds. The second kappa shape index (κ2) is 5.68. The number of hydrogen-bond donors (Lipinski definition) is 1. The van der Waals surface area contributed by atoms with Gasteiger partial charge in [0.05, 0.1) is 0 Å². The molecular formula is C14H26N4O2S. The molecule has 1 aliphatic rings. The van der Waals surface area contributed by atoms with Gasteiger partial charge in [0.2, 0.25) is 0 Å². The predicted octanol–water partition coefficient (Wildman–Crippen LogP) is 2.27. The van der Waals surface area contributed by atoms with Crippen molar-refractivity contribution in [3.05, 3.63) is 5.82 Å². The van der Waals surface area contributed by atoms with E-state index in [-0.39, 0.29) is 16.5 Å². The summed E-state index contributed by atoms with van der Waals surface area (Å²) in [6.07, 6.45) is 4.50. The van der Waals surface area contributed by atoms with Crippen LogP contribution in [-0.2, 0) is 16.6 Å². The van der Waals surface area contributed by atoms with Gasteiger partial charge in [-0.05, 0) is 24.2 Å². The third-order valence-corrected chi connectivity index (χ3v) is 5.18. The van der Waals surface area contributed by atoms with Gasteiger partial charge in [0.1, 0.15) is 5.82 Å². The minimum Gasteiger partial charge on any atom is -0.300 e. The second-order valence-corrected chi connectivity index (χ2v) is 8.63. The van der Waals surface area contributed by atoms with E-state index in [1.165, 1.54) is 6.42 Å². The molecule has 7 heteroatoms. The monoisotopic (exact) mass is 314 g/mol. The maximum atomic E-state index is 11.7. The third-order valence-electron chi connectivity index (χ3n) is 4.37. The first-order valence-corrected chi connectivity index (χ1v) is 9.13. The van der Waals surface area contributed by atoms with Crippen molar-refractivity contribution in [2.45, 2.75) is 71.0 Å². The van der Waals surface area contributed by atoms with Gasteiger partial charge in [-0.25, -0.2) is 13.6 Å². The number of hydrogen-bond acceptors (Lipinski definition) is 4. The van der Waals surface area contributed by atoms with Crippen molar-refractivity contribution >= 4 is 10.0 Å². The summed E-state index contributed by atoms with van der Waals surface area (Å²) in [5.41, 5.74) is 0.107. The van der Waals surface area contributed by atoms with Crippen LogP contribution in [0.3, 0.4) is 0 Å². The fourth-order valence-electron chi connectivity index (χ4n) is 3.28. The SMILES string of the molecule is CC(C)Cn1c(C2CCCCC2(C)C)nnc1S(N)(=O)=O. The zero-order valence-electron chi connectivity index (χ0n) is 13.3. The van der Waals surface area contributed by atoms with Crippen LogP contribution in [0.2, 0.25) is 0 Å².